The minimum Gasteiger partial charge on any atom is -0.133 e. The highest BCUT2D eigenvalue weighted by Crippen LogP contribution is 2.30. The fourth-order valence-corrected chi connectivity index (χ4v) is 2.02. The second-order valence-electron chi connectivity index (χ2n) is 2.76. The maximum absolute atomic E-state index is 3.95. The van der Waals surface area contributed by atoms with Crippen molar-refractivity contribution in [3.8, 4) is 0 Å². The van der Waals surface area contributed by atoms with Crippen molar-refractivity contribution in [2.45, 2.75) is 19.8 Å². The van der Waals surface area contributed by atoms with Gasteiger partial charge in [-0.2, -0.15) is 0 Å². The minimum absolute atomic E-state index is 1.19. The highest BCUT2D eigenvalue weighted by Gasteiger charge is 2.06. The molecule has 60 valence electrons. The van der Waals surface area contributed by atoms with Crippen LogP contribution >= 0.6 is 11.8 Å². The Kier molecular flexibility index (Phi) is 3.01. The Morgan fingerprint density at radius 1 is 1.64 bits per heavy atom. The molecule has 0 aromatic rings. The predicted octanol–water partition coefficient (Wildman–Crippen LogP) is 3.53. The lowest BCUT2D eigenvalue weighted by Gasteiger charge is -2.13. The summed E-state index contributed by atoms with van der Waals surface area (Å²) >= 11 is 1.85. The van der Waals surface area contributed by atoms with E-state index in [1.54, 1.807) is 0 Å². The first-order valence-corrected chi connectivity index (χ1v) is 5.07. The number of hydrogen-bond donors (Lipinski definition) is 0. The predicted molar refractivity (Wildman–Crippen MR) is 53.7 cm³/mol. The molecule has 0 spiro atoms. The second kappa shape index (κ2) is 3.82. The topological polar surface area (TPSA) is 0 Å². The molecule has 11 heavy (non-hydrogen) atoms. The summed E-state index contributed by atoms with van der Waals surface area (Å²) in [6.07, 6.45) is 8.94. The third-order valence-corrected chi connectivity index (χ3v) is 2.75. The average molecular weight is 166 g/mol. The van der Waals surface area contributed by atoms with E-state index in [1.807, 2.05) is 11.8 Å². The Morgan fingerprint density at radius 3 is 2.82 bits per heavy atom. The van der Waals surface area contributed by atoms with E-state index in [-0.39, 0.29) is 0 Å². The molecular weight excluding hydrogens is 152 g/mol. The smallest absolute Gasteiger partial charge is 0.00772 e. The summed E-state index contributed by atoms with van der Waals surface area (Å²) in [6, 6.07) is 0. The van der Waals surface area contributed by atoms with E-state index in [2.05, 4.69) is 31.9 Å². The number of hydrogen-bond acceptors (Lipinski definition) is 1. The van der Waals surface area contributed by atoms with E-state index in [0.29, 0.717) is 0 Å². The molecule has 0 bridgehead atoms. The number of thioether (sulfide) groups is 1. The summed E-state index contributed by atoms with van der Waals surface area (Å²) in [5.74, 6) is 0. The van der Waals surface area contributed by atoms with Crippen LogP contribution in [0.25, 0.3) is 0 Å². The molecule has 0 radical (unpaired) electrons. The van der Waals surface area contributed by atoms with E-state index in [4.69, 9.17) is 0 Å². The lowest BCUT2D eigenvalue weighted by atomic mass is 10.0. The molecule has 0 aromatic heterocycles. The van der Waals surface area contributed by atoms with Crippen LogP contribution < -0.4 is 0 Å². The molecule has 1 aliphatic carbocycles. The highest BCUT2D eigenvalue weighted by atomic mass is 32.2. The van der Waals surface area contributed by atoms with Gasteiger partial charge < -0.3 is 0 Å². The van der Waals surface area contributed by atoms with Crippen LogP contribution in [0.15, 0.2) is 34.8 Å². The van der Waals surface area contributed by atoms with Gasteiger partial charge in [0.15, 0.2) is 0 Å². The lowest BCUT2D eigenvalue weighted by Crippen LogP contribution is -1.91. The van der Waals surface area contributed by atoms with Crippen LogP contribution in [0.2, 0.25) is 0 Å². The molecule has 1 aliphatic rings. The first-order valence-electron chi connectivity index (χ1n) is 3.85. The third-order valence-electron chi connectivity index (χ3n) is 1.83. The van der Waals surface area contributed by atoms with Crippen molar-refractivity contribution in [3.63, 3.8) is 0 Å². The van der Waals surface area contributed by atoms with Gasteiger partial charge in [0.2, 0.25) is 0 Å². The van der Waals surface area contributed by atoms with Crippen molar-refractivity contribution in [2.75, 3.05) is 6.26 Å². The Bertz CT molecular complexity index is 221. The van der Waals surface area contributed by atoms with Crippen LogP contribution in [0.5, 0.6) is 0 Å². The van der Waals surface area contributed by atoms with Crippen molar-refractivity contribution in [1.29, 1.82) is 0 Å². The zero-order valence-electron chi connectivity index (χ0n) is 7.18. The van der Waals surface area contributed by atoms with E-state index in [0.717, 1.165) is 0 Å². The summed E-state index contributed by atoms with van der Waals surface area (Å²) in [5.41, 5.74) is 2.54. The third kappa shape index (κ3) is 2.00. The molecule has 0 fully saturated rings. The van der Waals surface area contributed by atoms with Crippen LogP contribution in [-0.2, 0) is 0 Å². The lowest BCUT2D eigenvalue weighted by molar-refractivity contribution is 1.00. The van der Waals surface area contributed by atoms with E-state index >= 15 is 0 Å². The maximum atomic E-state index is 3.95. The van der Waals surface area contributed by atoms with Crippen molar-refractivity contribution < 1.29 is 0 Å². The molecule has 0 nitrogen and oxygen atoms in total. The molecule has 0 unspecified atom stereocenters. The van der Waals surface area contributed by atoms with Gasteiger partial charge in [-0.15, -0.1) is 11.8 Å². The number of allylic oxidation sites excluding steroid dienone is 5. The molecule has 0 amide bonds. The highest BCUT2D eigenvalue weighted by molar-refractivity contribution is 8.02. The fraction of sp³-hybridized carbons (Fsp3) is 0.400. The van der Waals surface area contributed by atoms with E-state index in [9.17, 15) is 0 Å². The zero-order valence-corrected chi connectivity index (χ0v) is 8.00. The van der Waals surface area contributed by atoms with Crippen molar-refractivity contribution in [1.82, 2.24) is 0 Å². The Hall–Kier alpha value is -0.430. The summed E-state index contributed by atoms with van der Waals surface area (Å²) in [6.45, 7) is 6.03. The van der Waals surface area contributed by atoms with Gasteiger partial charge in [0, 0.05) is 0 Å². The van der Waals surface area contributed by atoms with Crippen LogP contribution in [-0.4, -0.2) is 6.26 Å². The summed E-state index contributed by atoms with van der Waals surface area (Å²) in [5, 5.41) is 0. The molecule has 0 saturated heterocycles. The standard InChI is InChI=1S/C10H14S/c1-8(2)9-6-4-5-7-10(9)11-3/h4,6H,1,5,7H2,2-3H3. The maximum Gasteiger partial charge on any atom is -0.00772 e. The van der Waals surface area contributed by atoms with Gasteiger partial charge in [0.25, 0.3) is 0 Å². The van der Waals surface area contributed by atoms with Crippen molar-refractivity contribution in [2.24, 2.45) is 0 Å². The molecule has 0 atom stereocenters. The van der Waals surface area contributed by atoms with E-state index in [1.165, 1.54) is 28.9 Å². The molecule has 0 aromatic carbocycles. The first kappa shape index (κ1) is 8.66. The van der Waals surface area contributed by atoms with Gasteiger partial charge in [0.1, 0.15) is 0 Å². The van der Waals surface area contributed by atoms with Gasteiger partial charge >= 0.3 is 0 Å². The average Bonchev–Trinajstić information content (AvgIpc) is 2.04. The molecule has 1 heteroatoms. The summed E-state index contributed by atoms with van der Waals surface area (Å²) in [7, 11) is 0. The Labute approximate surface area is 73.1 Å². The van der Waals surface area contributed by atoms with Crippen LogP contribution in [0.4, 0.5) is 0 Å². The fourth-order valence-electron chi connectivity index (χ4n) is 1.24. The normalized spacial score (nSPS) is 17.3. The van der Waals surface area contributed by atoms with Gasteiger partial charge in [-0.05, 0) is 36.5 Å². The molecule has 0 N–H and O–H groups in total. The summed E-state index contributed by atoms with van der Waals surface area (Å²) < 4.78 is 0. The van der Waals surface area contributed by atoms with Gasteiger partial charge in [0.05, 0.1) is 0 Å². The number of rotatable bonds is 2. The minimum atomic E-state index is 1.19. The Morgan fingerprint density at radius 2 is 2.36 bits per heavy atom. The largest absolute Gasteiger partial charge is 0.133 e. The zero-order chi connectivity index (χ0) is 8.27. The van der Waals surface area contributed by atoms with E-state index < -0.39 is 0 Å². The van der Waals surface area contributed by atoms with Crippen molar-refractivity contribution >= 4 is 11.8 Å². The SMILES string of the molecule is C=C(C)C1=C(SC)CCC=C1. The molecule has 0 heterocycles. The van der Waals surface area contributed by atoms with Crippen molar-refractivity contribution in [3.05, 3.63) is 34.8 Å². The van der Waals surface area contributed by atoms with Crippen LogP contribution in [0, 0.1) is 0 Å². The summed E-state index contributed by atoms with van der Waals surface area (Å²) in [4.78, 5) is 1.49. The quantitative estimate of drug-likeness (QED) is 0.604. The molecule has 0 aliphatic heterocycles. The molecule has 0 saturated carbocycles. The Balaban J connectivity index is 2.92. The monoisotopic (exact) mass is 166 g/mol. The molecular formula is C10H14S. The van der Waals surface area contributed by atoms with Crippen LogP contribution in [0.1, 0.15) is 19.8 Å². The van der Waals surface area contributed by atoms with Crippen LogP contribution in [0.3, 0.4) is 0 Å². The second-order valence-corrected chi connectivity index (χ2v) is 3.66. The molecule has 1 rings (SSSR count). The van der Waals surface area contributed by atoms with Gasteiger partial charge in [-0.25, -0.2) is 0 Å². The van der Waals surface area contributed by atoms with Gasteiger partial charge in [-0.3, -0.25) is 0 Å². The first-order chi connectivity index (χ1) is 5.25. The van der Waals surface area contributed by atoms with Gasteiger partial charge in [-0.1, -0.05) is 24.3 Å².